The van der Waals surface area contributed by atoms with Crippen LogP contribution in [0.3, 0.4) is 0 Å². The van der Waals surface area contributed by atoms with Gasteiger partial charge in [-0.15, -0.1) is 0 Å². The summed E-state index contributed by atoms with van der Waals surface area (Å²) in [6.07, 6.45) is 5.57. The minimum atomic E-state index is 0.000847. The molecular weight excluding hydrogens is 228 g/mol. The maximum absolute atomic E-state index is 11.5. The van der Waals surface area contributed by atoms with Crippen LogP contribution in [0.5, 0.6) is 0 Å². The lowest BCUT2D eigenvalue weighted by Crippen LogP contribution is -2.10. The van der Waals surface area contributed by atoms with Gasteiger partial charge in [0.2, 0.25) is 5.12 Å². The summed E-state index contributed by atoms with van der Waals surface area (Å²) < 4.78 is 0.000847. The van der Waals surface area contributed by atoms with Crippen molar-refractivity contribution >= 4 is 16.9 Å². The monoisotopic (exact) mass is 248 g/mol. The van der Waals surface area contributed by atoms with Gasteiger partial charge in [-0.1, -0.05) is 68.9 Å². The van der Waals surface area contributed by atoms with Crippen LogP contribution in [0.15, 0.2) is 42.5 Å². The summed E-state index contributed by atoms with van der Waals surface area (Å²) in [4.78, 5) is 11.5. The molecule has 17 heavy (non-hydrogen) atoms. The third-order valence-electron chi connectivity index (χ3n) is 2.10. The van der Waals surface area contributed by atoms with Crippen LogP contribution in [0.4, 0.5) is 0 Å². The van der Waals surface area contributed by atoms with Crippen molar-refractivity contribution in [3.05, 3.63) is 48.0 Å². The van der Waals surface area contributed by atoms with Crippen LogP contribution in [0.2, 0.25) is 0 Å². The van der Waals surface area contributed by atoms with Gasteiger partial charge in [0.15, 0.2) is 0 Å². The maximum atomic E-state index is 11.5. The molecule has 1 nitrogen and oxygen atoms in total. The molecule has 0 aliphatic heterocycles. The highest BCUT2D eigenvalue weighted by Crippen LogP contribution is 2.24. The van der Waals surface area contributed by atoms with E-state index in [-0.39, 0.29) is 9.86 Å². The first kappa shape index (κ1) is 14.0. The topological polar surface area (TPSA) is 17.1 Å². The molecule has 2 heteroatoms. The largest absolute Gasteiger partial charge is 0.282 e. The average molecular weight is 248 g/mol. The van der Waals surface area contributed by atoms with Crippen LogP contribution in [0.1, 0.15) is 32.8 Å². The molecule has 92 valence electrons. The molecule has 1 aromatic carbocycles. The van der Waals surface area contributed by atoms with Gasteiger partial charge in [-0.2, -0.15) is 0 Å². The molecule has 0 aromatic heterocycles. The van der Waals surface area contributed by atoms with Crippen molar-refractivity contribution in [1.29, 1.82) is 0 Å². The van der Waals surface area contributed by atoms with Crippen molar-refractivity contribution < 1.29 is 4.79 Å². The summed E-state index contributed by atoms with van der Waals surface area (Å²) in [5, 5.41) is 0.144. The third kappa shape index (κ3) is 7.01. The molecule has 0 aliphatic carbocycles. The van der Waals surface area contributed by atoms with Crippen LogP contribution in [0, 0.1) is 0 Å². The third-order valence-corrected chi connectivity index (χ3v) is 3.05. The summed E-state index contributed by atoms with van der Waals surface area (Å²) >= 11 is 1.38. The highest BCUT2D eigenvalue weighted by molar-refractivity contribution is 8.15. The molecule has 0 saturated carbocycles. The first-order valence-corrected chi connectivity index (χ1v) is 6.72. The van der Waals surface area contributed by atoms with Crippen molar-refractivity contribution in [2.24, 2.45) is 0 Å². The minimum absolute atomic E-state index is 0.000847. The van der Waals surface area contributed by atoms with E-state index in [1.54, 1.807) is 6.08 Å². The van der Waals surface area contributed by atoms with Crippen LogP contribution < -0.4 is 0 Å². The Morgan fingerprint density at radius 1 is 1.24 bits per heavy atom. The molecule has 1 rings (SSSR count). The smallest absolute Gasteiger partial charge is 0.212 e. The second-order valence-electron chi connectivity index (χ2n) is 4.96. The zero-order valence-corrected chi connectivity index (χ0v) is 11.6. The molecule has 0 saturated heterocycles. The van der Waals surface area contributed by atoms with Crippen LogP contribution >= 0.6 is 11.8 Å². The predicted molar refractivity (Wildman–Crippen MR) is 76.3 cm³/mol. The van der Waals surface area contributed by atoms with E-state index in [4.69, 9.17) is 0 Å². The number of hydrogen-bond donors (Lipinski definition) is 0. The van der Waals surface area contributed by atoms with Crippen molar-refractivity contribution in [3.8, 4) is 0 Å². The van der Waals surface area contributed by atoms with Gasteiger partial charge in [0.25, 0.3) is 0 Å². The SMILES string of the molecule is CC(C)(C)SC(=O)/C=C/CCc1ccccc1. The summed E-state index contributed by atoms with van der Waals surface area (Å²) in [5.74, 6) is 0. The number of carbonyl (C=O) groups is 1. The van der Waals surface area contributed by atoms with Gasteiger partial charge in [-0.3, -0.25) is 4.79 Å². The molecule has 1 aromatic rings. The molecule has 0 aliphatic rings. The number of thioether (sulfide) groups is 1. The fraction of sp³-hybridized carbons (Fsp3) is 0.400. The van der Waals surface area contributed by atoms with E-state index < -0.39 is 0 Å². The van der Waals surface area contributed by atoms with Gasteiger partial charge < -0.3 is 0 Å². The Labute approximate surface area is 108 Å². The van der Waals surface area contributed by atoms with Crippen molar-refractivity contribution in [2.45, 2.75) is 38.4 Å². The van der Waals surface area contributed by atoms with Gasteiger partial charge in [-0.25, -0.2) is 0 Å². The van der Waals surface area contributed by atoms with Crippen molar-refractivity contribution in [2.75, 3.05) is 0 Å². The van der Waals surface area contributed by atoms with E-state index in [1.807, 2.05) is 45.0 Å². The molecule has 0 spiro atoms. The lowest BCUT2D eigenvalue weighted by molar-refractivity contribution is -0.107. The lowest BCUT2D eigenvalue weighted by Gasteiger charge is -2.14. The summed E-state index contributed by atoms with van der Waals surface area (Å²) in [6.45, 7) is 6.15. The molecule has 0 bridgehead atoms. The molecule has 0 atom stereocenters. The first-order chi connectivity index (χ1) is 7.97. The van der Waals surface area contributed by atoms with Gasteiger partial charge in [0.05, 0.1) is 0 Å². The van der Waals surface area contributed by atoms with Gasteiger partial charge in [0, 0.05) is 4.75 Å². The fourth-order valence-electron chi connectivity index (χ4n) is 1.41. The molecule has 0 unspecified atom stereocenters. The maximum Gasteiger partial charge on any atom is 0.212 e. The van der Waals surface area contributed by atoms with E-state index in [0.717, 1.165) is 12.8 Å². The molecule has 0 heterocycles. The zero-order chi connectivity index (χ0) is 12.7. The fourth-order valence-corrected chi connectivity index (χ4v) is 2.18. The van der Waals surface area contributed by atoms with Crippen molar-refractivity contribution in [1.82, 2.24) is 0 Å². The van der Waals surface area contributed by atoms with E-state index >= 15 is 0 Å². The predicted octanol–water partition coefficient (Wildman–Crippen LogP) is 4.23. The Morgan fingerprint density at radius 3 is 2.47 bits per heavy atom. The first-order valence-electron chi connectivity index (χ1n) is 5.91. The van der Waals surface area contributed by atoms with E-state index in [1.165, 1.54) is 17.3 Å². The van der Waals surface area contributed by atoms with E-state index in [2.05, 4.69) is 12.1 Å². The Hall–Kier alpha value is -1.02. The van der Waals surface area contributed by atoms with E-state index in [9.17, 15) is 4.79 Å². The summed E-state index contributed by atoms with van der Waals surface area (Å²) in [6, 6.07) is 10.3. The van der Waals surface area contributed by atoms with Gasteiger partial charge >= 0.3 is 0 Å². The highest BCUT2D eigenvalue weighted by atomic mass is 32.2. The molecule has 0 radical (unpaired) electrons. The second kappa shape index (κ2) is 6.65. The Morgan fingerprint density at radius 2 is 1.88 bits per heavy atom. The summed E-state index contributed by atoms with van der Waals surface area (Å²) in [5.41, 5.74) is 1.31. The number of aryl methyl sites for hydroxylation is 1. The molecule has 0 N–H and O–H groups in total. The Kier molecular flexibility index (Phi) is 5.49. The standard InChI is InChI=1S/C15H20OS/c1-15(2,3)17-14(16)12-8-7-11-13-9-5-4-6-10-13/h4-6,8-10,12H,7,11H2,1-3H3/b12-8+. The molecule has 0 fully saturated rings. The van der Waals surface area contributed by atoms with Gasteiger partial charge in [-0.05, 0) is 24.5 Å². The minimum Gasteiger partial charge on any atom is -0.282 e. The normalized spacial score (nSPS) is 11.9. The number of carbonyl (C=O) groups excluding carboxylic acids is 1. The summed E-state index contributed by atoms with van der Waals surface area (Å²) in [7, 11) is 0. The van der Waals surface area contributed by atoms with Crippen molar-refractivity contribution in [3.63, 3.8) is 0 Å². The second-order valence-corrected chi connectivity index (χ2v) is 6.79. The number of benzene rings is 1. The quantitative estimate of drug-likeness (QED) is 0.742. The van der Waals surface area contributed by atoms with Crippen LogP contribution in [-0.4, -0.2) is 9.86 Å². The van der Waals surface area contributed by atoms with Crippen LogP contribution in [0.25, 0.3) is 0 Å². The zero-order valence-electron chi connectivity index (χ0n) is 10.8. The average Bonchev–Trinajstić information content (AvgIpc) is 2.23. The number of hydrogen-bond acceptors (Lipinski definition) is 2. The van der Waals surface area contributed by atoms with Gasteiger partial charge in [0.1, 0.15) is 0 Å². The molecular formula is C15H20OS. The number of rotatable bonds is 4. The van der Waals surface area contributed by atoms with Crippen LogP contribution in [-0.2, 0) is 11.2 Å². The van der Waals surface area contributed by atoms with E-state index in [0.29, 0.717) is 0 Å². The Balaban J connectivity index is 2.29. The lowest BCUT2D eigenvalue weighted by atomic mass is 10.1. The molecule has 0 amide bonds. The number of allylic oxidation sites excluding steroid dienone is 1. The highest BCUT2D eigenvalue weighted by Gasteiger charge is 2.14. The Bertz CT molecular complexity index is 374.